The van der Waals surface area contributed by atoms with Gasteiger partial charge in [0.05, 0.1) is 19.9 Å². The lowest BCUT2D eigenvalue weighted by Crippen LogP contribution is -2.38. The highest BCUT2D eigenvalue weighted by Crippen LogP contribution is 2.14. The van der Waals surface area contributed by atoms with Crippen molar-refractivity contribution in [1.29, 1.82) is 0 Å². The Bertz CT molecular complexity index is 629. The van der Waals surface area contributed by atoms with Crippen LogP contribution >= 0.6 is 0 Å². The lowest BCUT2D eigenvalue weighted by molar-refractivity contribution is 0.105. The molecule has 0 aliphatic rings. The van der Waals surface area contributed by atoms with E-state index in [9.17, 15) is 0 Å². The summed E-state index contributed by atoms with van der Waals surface area (Å²) in [5, 5.41) is 6.52. The summed E-state index contributed by atoms with van der Waals surface area (Å²) in [5.41, 5.74) is 0.948. The molecule has 25 heavy (non-hydrogen) atoms. The van der Waals surface area contributed by atoms with E-state index in [1.165, 1.54) is 0 Å². The minimum Gasteiger partial charge on any atom is -0.481 e. The highest BCUT2D eigenvalue weighted by Gasteiger charge is 2.03. The minimum absolute atomic E-state index is 0.501. The van der Waals surface area contributed by atoms with Crippen molar-refractivity contribution in [3.63, 3.8) is 0 Å². The van der Waals surface area contributed by atoms with Crippen LogP contribution in [0.1, 0.15) is 24.7 Å². The van der Waals surface area contributed by atoms with Gasteiger partial charge in [0.1, 0.15) is 12.4 Å². The molecule has 0 bridgehead atoms. The Morgan fingerprint density at radius 3 is 2.96 bits per heavy atom. The molecule has 0 unspecified atom stereocenters. The van der Waals surface area contributed by atoms with Gasteiger partial charge >= 0.3 is 0 Å². The van der Waals surface area contributed by atoms with Gasteiger partial charge in [0, 0.05) is 31.5 Å². The van der Waals surface area contributed by atoms with E-state index in [0.717, 1.165) is 36.8 Å². The Morgan fingerprint density at radius 1 is 1.28 bits per heavy atom. The van der Waals surface area contributed by atoms with Crippen LogP contribution in [0.4, 0.5) is 0 Å². The van der Waals surface area contributed by atoms with Gasteiger partial charge in [-0.3, -0.25) is 0 Å². The van der Waals surface area contributed by atoms with E-state index < -0.39 is 0 Å². The molecule has 2 heterocycles. The van der Waals surface area contributed by atoms with E-state index in [4.69, 9.17) is 13.9 Å². The molecule has 0 amide bonds. The third-order valence-corrected chi connectivity index (χ3v) is 3.38. The minimum atomic E-state index is 0.501. The lowest BCUT2D eigenvalue weighted by Gasteiger charge is -2.12. The number of hydrogen-bond donors (Lipinski definition) is 2. The van der Waals surface area contributed by atoms with Crippen molar-refractivity contribution in [2.24, 2.45) is 4.99 Å². The molecule has 136 valence electrons. The van der Waals surface area contributed by atoms with Gasteiger partial charge in [-0.05, 0) is 31.5 Å². The van der Waals surface area contributed by atoms with E-state index in [2.05, 4.69) is 20.6 Å². The second kappa shape index (κ2) is 11.1. The molecule has 0 aliphatic heterocycles. The van der Waals surface area contributed by atoms with Crippen molar-refractivity contribution >= 4 is 5.96 Å². The summed E-state index contributed by atoms with van der Waals surface area (Å²) in [6.07, 6.45) is 4.23. The van der Waals surface area contributed by atoms with E-state index >= 15 is 0 Å². The molecule has 0 aromatic carbocycles. The maximum Gasteiger partial charge on any atom is 0.218 e. The number of nitrogens with one attached hydrogen (secondary N) is 2. The Morgan fingerprint density at radius 2 is 2.20 bits per heavy atom. The van der Waals surface area contributed by atoms with Crippen LogP contribution in [0.5, 0.6) is 5.88 Å². The predicted molar refractivity (Wildman–Crippen MR) is 96.6 cm³/mol. The third-order valence-electron chi connectivity index (χ3n) is 3.38. The van der Waals surface area contributed by atoms with Gasteiger partial charge in [-0.2, -0.15) is 0 Å². The standard InChI is InChI=1S/C18H26N4O3/c1-3-19-18(22-13-15-7-4-9-20-17(15)23-2)21-10-6-11-24-14-16-8-5-12-25-16/h4-5,7-9,12H,3,6,10-11,13-14H2,1-2H3,(H2,19,21,22). The maximum absolute atomic E-state index is 5.56. The number of hydrogen-bond acceptors (Lipinski definition) is 5. The number of furan rings is 1. The zero-order valence-electron chi connectivity index (χ0n) is 14.8. The molecule has 2 N–H and O–H groups in total. The summed E-state index contributed by atoms with van der Waals surface area (Å²) >= 11 is 0. The zero-order chi connectivity index (χ0) is 17.7. The van der Waals surface area contributed by atoms with Crippen molar-refractivity contribution in [3.05, 3.63) is 48.0 Å². The fourth-order valence-corrected chi connectivity index (χ4v) is 2.18. The number of pyridine rings is 1. The van der Waals surface area contributed by atoms with Gasteiger partial charge in [-0.1, -0.05) is 6.07 Å². The van der Waals surface area contributed by atoms with Gasteiger partial charge in [-0.15, -0.1) is 0 Å². The summed E-state index contributed by atoms with van der Waals surface area (Å²) in [4.78, 5) is 8.75. The van der Waals surface area contributed by atoms with Crippen LogP contribution in [-0.4, -0.2) is 37.7 Å². The summed E-state index contributed by atoms with van der Waals surface area (Å²) in [5.74, 6) is 2.21. The van der Waals surface area contributed by atoms with Crippen molar-refractivity contribution in [2.75, 3.05) is 26.8 Å². The summed E-state index contributed by atoms with van der Waals surface area (Å²) < 4.78 is 16.0. The predicted octanol–water partition coefficient (Wildman–Crippen LogP) is 2.35. The Hall–Kier alpha value is -2.54. The lowest BCUT2D eigenvalue weighted by atomic mass is 10.3. The first-order valence-electron chi connectivity index (χ1n) is 8.43. The topological polar surface area (TPSA) is 80.9 Å². The fraction of sp³-hybridized carbons (Fsp3) is 0.444. The van der Waals surface area contributed by atoms with E-state index in [0.29, 0.717) is 25.6 Å². The average molecular weight is 346 g/mol. The number of rotatable bonds is 10. The van der Waals surface area contributed by atoms with Crippen LogP contribution in [0.25, 0.3) is 0 Å². The molecule has 2 aromatic rings. The van der Waals surface area contributed by atoms with Crippen molar-refractivity contribution in [2.45, 2.75) is 26.5 Å². The highest BCUT2D eigenvalue weighted by atomic mass is 16.5. The number of guanidine groups is 1. The summed E-state index contributed by atoms with van der Waals surface area (Å²) in [7, 11) is 1.61. The zero-order valence-corrected chi connectivity index (χ0v) is 14.8. The number of aliphatic imine (C=N–C) groups is 1. The van der Waals surface area contributed by atoms with Crippen LogP contribution in [0.2, 0.25) is 0 Å². The third kappa shape index (κ3) is 6.84. The Labute approximate surface area is 148 Å². The number of methoxy groups -OCH3 is 1. The van der Waals surface area contributed by atoms with Crippen LogP contribution in [0, 0.1) is 0 Å². The molecule has 7 nitrogen and oxygen atoms in total. The molecule has 7 heteroatoms. The number of nitrogens with zero attached hydrogens (tertiary/aromatic N) is 2. The van der Waals surface area contributed by atoms with E-state index in [1.807, 2.05) is 31.2 Å². The Balaban J connectivity index is 1.72. The molecular weight excluding hydrogens is 320 g/mol. The summed E-state index contributed by atoms with van der Waals surface area (Å²) in [6, 6.07) is 7.60. The van der Waals surface area contributed by atoms with E-state index in [-0.39, 0.29) is 0 Å². The average Bonchev–Trinajstić information content (AvgIpc) is 3.16. The largest absolute Gasteiger partial charge is 0.481 e. The first-order valence-corrected chi connectivity index (χ1v) is 8.43. The monoisotopic (exact) mass is 346 g/mol. The van der Waals surface area contributed by atoms with Gasteiger partial charge in [-0.25, -0.2) is 9.98 Å². The number of ether oxygens (including phenoxy) is 2. The van der Waals surface area contributed by atoms with E-state index in [1.54, 1.807) is 19.6 Å². The molecular formula is C18H26N4O3. The molecule has 0 atom stereocenters. The molecule has 0 saturated heterocycles. The normalized spacial score (nSPS) is 11.4. The van der Waals surface area contributed by atoms with Crippen LogP contribution in [-0.2, 0) is 17.9 Å². The second-order valence-corrected chi connectivity index (χ2v) is 5.28. The molecule has 0 saturated carbocycles. The van der Waals surface area contributed by atoms with Crippen molar-refractivity contribution in [1.82, 2.24) is 15.6 Å². The molecule has 2 aromatic heterocycles. The van der Waals surface area contributed by atoms with Gasteiger partial charge < -0.3 is 24.5 Å². The molecule has 2 rings (SSSR count). The van der Waals surface area contributed by atoms with Gasteiger partial charge in [0.2, 0.25) is 5.88 Å². The van der Waals surface area contributed by atoms with Gasteiger partial charge in [0.25, 0.3) is 0 Å². The van der Waals surface area contributed by atoms with Crippen LogP contribution in [0.15, 0.2) is 46.1 Å². The van der Waals surface area contributed by atoms with Crippen molar-refractivity contribution in [3.8, 4) is 5.88 Å². The van der Waals surface area contributed by atoms with Crippen LogP contribution < -0.4 is 15.4 Å². The fourth-order valence-electron chi connectivity index (χ4n) is 2.18. The smallest absolute Gasteiger partial charge is 0.218 e. The van der Waals surface area contributed by atoms with Gasteiger partial charge in [0.15, 0.2) is 5.96 Å². The first-order chi connectivity index (χ1) is 12.3. The summed E-state index contributed by atoms with van der Waals surface area (Å²) in [6.45, 7) is 5.26. The first kappa shape index (κ1) is 18.8. The maximum atomic E-state index is 5.56. The quantitative estimate of drug-likeness (QED) is 0.390. The van der Waals surface area contributed by atoms with Crippen molar-refractivity contribution < 1.29 is 13.9 Å². The molecule has 0 spiro atoms. The highest BCUT2D eigenvalue weighted by molar-refractivity contribution is 5.79. The number of aromatic nitrogens is 1. The Kier molecular flexibility index (Phi) is 8.34. The molecule has 0 radical (unpaired) electrons. The molecule has 0 fully saturated rings. The second-order valence-electron chi connectivity index (χ2n) is 5.28. The van der Waals surface area contributed by atoms with Crippen LogP contribution in [0.3, 0.4) is 0 Å². The SMILES string of the molecule is CCNC(=NCc1cccnc1OC)NCCCOCc1ccco1. The molecule has 0 aliphatic carbocycles.